The highest BCUT2D eigenvalue weighted by Crippen LogP contribution is 2.26. The Hall–Kier alpha value is -1.42. The van der Waals surface area contributed by atoms with E-state index in [4.69, 9.17) is 5.11 Å². The lowest BCUT2D eigenvalue weighted by atomic mass is 10.1. The fourth-order valence-corrected chi connectivity index (χ4v) is 2.25. The van der Waals surface area contributed by atoms with Crippen molar-refractivity contribution in [1.82, 2.24) is 4.98 Å². The third-order valence-corrected chi connectivity index (χ3v) is 2.83. The molecule has 0 aliphatic rings. The summed E-state index contributed by atoms with van der Waals surface area (Å²) in [5, 5.41) is 10.5. The van der Waals surface area contributed by atoms with E-state index >= 15 is 0 Å². The summed E-state index contributed by atoms with van der Waals surface area (Å²) in [6.45, 7) is 1.92. The Bertz CT molecular complexity index is 552. The van der Waals surface area contributed by atoms with Crippen LogP contribution >= 0.6 is 15.9 Å². The number of rotatable bonds is 1. The third kappa shape index (κ3) is 1.72. The van der Waals surface area contributed by atoms with Gasteiger partial charge in [0.05, 0.1) is 0 Å². The van der Waals surface area contributed by atoms with Gasteiger partial charge in [0.2, 0.25) is 0 Å². The van der Waals surface area contributed by atoms with Crippen LogP contribution in [0.3, 0.4) is 0 Å². The molecule has 15 heavy (non-hydrogen) atoms. The van der Waals surface area contributed by atoms with Gasteiger partial charge in [-0.2, -0.15) is 0 Å². The van der Waals surface area contributed by atoms with Gasteiger partial charge >= 0.3 is 5.97 Å². The zero-order valence-corrected chi connectivity index (χ0v) is 9.58. The van der Waals surface area contributed by atoms with Crippen LogP contribution in [0.1, 0.15) is 16.1 Å². The number of halogens is 1. The minimum Gasteiger partial charge on any atom is -0.476 e. The standard InChI is InChI=1S/C11H8BrNO2/c1-6-4-8-7(9(12)5-6)2-3-13-10(8)11(14)15/h2-5H,1H3,(H,14,15). The van der Waals surface area contributed by atoms with Crippen LogP contribution in [0.5, 0.6) is 0 Å². The highest BCUT2D eigenvalue weighted by atomic mass is 79.9. The fraction of sp³-hybridized carbons (Fsp3) is 0.0909. The van der Waals surface area contributed by atoms with Gasteiger partial charge in [-0.1, -0.05) is 15.9 Å². The summed E-state index contributed by atoms with van der Waals surface area (Å²) in [5.41, 5.74) is 1.10. The van der Waals surface area contributed by atoms with Crippen LogP contribution in [0.15, 0.2) is 28.9 Å². The molecule has 3 nitrogen and oxygen atoms in total. The molecule has 0 fully saturated rings. The molecule has 0 amide bonds. The van der Waals surface area contributed by atoms with E-state index in [1.807, 2.05) is 19.1 Å². The molecule has 1 aromatic carbocycles. The van der Waals surface area contributed by atoms with Crippen LogP contribution in [-0.4, -0.2) is 16.1 Å². The first-order chi connectivity index (χ1) is 7.09. The van der Waals surface area contributed by atoms with Gasteiger partial charge in [-0.05, 0) is 36.1 Å². The van der Waals surface area contributed by atoms with E-state index in [1.165, 1.54) is 6.20 Å². The SMILES string of the molecule is Cc1cc(Br)c2ccnc(C(=O)O)c2c1. The van der Waals surface area contributed by atoms with Crippen LogP contribution in [-0.2, 0) is 0 Å². The van der Waals surface area contributed by atoms with Gasteiger partial charge in [0.1, 0.15) is 0 Å². The lowest BCUT2D eigenvalue weighted by Crippen LogP contribution is -2.01. The van der Waals surface area contributed by atoms with E-state index in [0.29, 0.717) is 5.39 Å². The molecule has 0 saturated heterocycles. The average molecular weight is 266 g/mol. The lowest BCUT2D eigenvalue weighted by Gasteiger charge is -2.04. The van der Waals surface area contributed by atoms with Gasteiger partial charge in [-0.3, -0.25) is 0 Å². The number of aryl methyl sites for hydroxylation is 1. The molecule has 0 saturated carbocycles. The number of fused-ring (bicyclic) bond motifs is 1. The van der Waals surface area contributed by atoms with E-state index in [1.54, 1.807) is 6.07 Å². The van der Waals surface area contributed by atoms with E-state index in [-0.39, 0.29) is 5.69 Å². The predicted molar refractivity (Wildman–Crippen MR) is 61.1 cm³/mol. The maximum Gasteiger partial charge on any atom is 0.355 e. The summed E-state index contributed by atoms with van der Waals surface area (Å²) in [6.07, 6.45) is 1.51. The molecule has 0 aliphatic carbocycles. The second-order valence-corrected chi connectivity index (χ2v) is 4.16. The molecule has 0 aliphatic heterocycles. The normalized spacial score (nSPS) is 10.5. The smallest absolute Gasteiger partial charge is 0.355 e. The lowest BCUT2D eigenvalue weighted by molar-refractivity contribution is 0.0693. The van der Waals surface area contributed by atoms with E-state index in [9.17, 15) is 4.79 Å². The van der Waals surface area contributed by atoms with Crippen LogP contribution < -0.4 is 0 Å². The van der Waals surface area contributed by atoms with Gasteiger partial charge in [0.15, 0.2) is 5.69 Å². The molecule has 2 aromatic rings. The molecule has 0 bridgehead atoms. The van der Waals surface area contributed by atoms with Crippen molar-refractivity contribution in [2.75, 3.05) is 0 Å². The Labute approximate surface area is 94.9 Å². The van der Waals surface area contributed by atoms with Crippen molar-refractivity contribution in [2.45, 2.75) is 6.92 Å². The number of carbonyl (C=O) groups is 1. The number of hydrogen-bond acceptors (Lipinski definition) is 2. The molecule has 0 unspecified atom stereocenters. The molecule has 0 atom stereocenters. The Morgan fingerprint density at radius 3 is 2.80 bits per heavy atom. The van der Waals surface area contributed by atoms with Gasteiger partial charge in [0.25, 0.3) is 0 Å². The molecule has 1 N–H and O–H groups in total. The number of aromatic carboxylic acids is 1. The Morgan fingerprint density at radius 1 is 1.40 bits per heavy atom. The van der Waals surface area contributed by atoms with Crippen LogP contribution in [0, 0.1) is 6.92 Å². The summed E-state index contributed by atoms with van der Waals surface area (Å²) in [5.74, 6) is -1.00. The summed E-state index contributed by atoms with van der Waals surface area (Å²) in [6, 6.07) is 5.58. The van der Waals surface area contributed by atoms with Crippen molar-refractivity contribution in [2.24, 2.45) is 0 Å². The first kappa shape index (κ1) is 10.1. The van der Waals surface area contributed by atoms with Crippen LogP contribution in [0.2, 0.25) is 0 Å². The molecule has 0 spiro atoms. The molecule has 0 radical (unpaired) electrons. The Morgan fingerprint density at radius 2 is 2.13 bits per heavy atom. The van der Waals surface area contributed by atoms with Crippen LogP contribution in [0.25, 0.3) is 10.8 Å². The largest absolute Gasteiger partial charge is 0.476 e. The summed E-state index contributed by atoms with van der Waals surface area (Å²) in [7, 11) is 0. The monoisotopic (exact) mass is 265 g/mol. The number of nitrogens with zero attached hydrogens (tertiary/aromatic N) is 1. The summed E-state index contributed by atoms with van der Waals surface area (Å²) < 4.78 is 0.891. The average Bonchev–Trinajstić information content (AvgIpc) is 2.16. The fourth-order valence-electron chi connectivity index (χ4n) is 1.54. The van der Waals surface area contributed by atoms with E-state index in [2.05, 4.69) is 20.9 Å². The Balaban J connectivity index is 2.91. The first-order valence-corrected chi connectivity index (χ1v) is 5.17. The van der Waals surface area contributed by atoms with Crippen molar-refractivity contribution in [3.63, 3.8) is 0 Å². The van der Waals surface area contributed by atoms with Crippen molar-refractivity contribution >= 4 is 32.7 Å². The number of carboxylic acids is 1. The minimum absolute atomic E-state index is 0.0944. The molecule has 2 rings (SSSR count). The van der Waals surface area contributed by atoms with Crippen molar-refractivity contribution in [3.05, 3.63) is 40.1 Å². The summed E-state index contributed by atoms with van der Waals surface area (Å²) >= 11 is 3.41. The highest BCUT2D eigenvalue weighted by molar-refractivity contribution is 9.10. The number of pyridine rings is 1. The number of hydrogen-bond donors (Lipinski definition) is 1. The predicted octanol–water partition coefficient (Wildman–Crippen LogP) is 3.00. The molecule has 1 aromatic heterocycles. The zero-order valence-electron chi connectivity index (χ0n) is 7.99. The van der Waals surface area contributed by atoms with Gasteiger partial charge in [-0.25, -0.2) is 9.78 Å². The van der Waals surface area contributed by atoms with Crippen molar-refractivity contribution in [3.8, 4) is 0 Å². The second-order valence-electron chi connectivity index (χ2n) is 3.31. The van der Waals surface area contributed by atoms with E-state index in [0.717, 1.165) is 15.4 Å². The van der Waals surface area contributed by atoms with Crippen molar-refractivity contribution < 1.29 is 9.90 Å². The first-order valence-electron chi connectivity index (χ1n) is 4.38. The minimum atomic E-state index is -1.00. The molecule has 4 heteroatoms. The Kier molecular flexibility index (Phi) is 2.44. The third-order valence-electron chi connectivity index (χ3n) is 2.18. The topological polar surface area (TPSA) is 50.2 Å². The molecular formula is C11H8BrNO2. The molecular weight excluding hydrogens is 258 g/mol. The molecule has 76 valence electrons. The second kappa shape index (κ2) is 3.62. The quantitative estimate of drug-likeness (QED) is 0.863. The van der Waals surface area contributed by atoms with Gasteiger partial charge in [-0.15, -0.1) is 0 Å². The maximum absolute atomic E-state index is 11.0. The zero-order chi connectivity index (χ0) is 11.0. The maximum atomic E-state index is 11.0. The van der Waals surface area contributed by atoms with Gasteiger partial charge in [0, 0.05) is 16.1 Å². The number of benzene rings is 1. The van der Waals surface area contributed by atoms with Crippen LogP contribution in [0.4, 0.5) is 0 Å². The summed E-state index contributed by atoms with van der Waals surface area (Å²) in [4.78, 5) is 14.8. The van der Waals surface area contributed by atoms with Crippen molar-refractivity contribution in [1.29, 1.82) is 0 Å². The van der Waals surface area contributed by atoms with E-state index < -0.39 is 5.97 Å². The van der Waals surface area contributed by atoms with Gasteiger partial charge < -0.3 is 5.11 Å². The number of carboxylic acid groups (broad SMARTS) is 1. The highest BCUT2D eigenvalue weighted by Gasteiger charge is 2.11. The molecule has 1 heterocycles. The number of aromatic nitrogens is 1.